The molecule has 1 heterocycles. The third kappa shape index (κ3) is 2.21. The molecule has 0 saturated carbocycles. The predicted molar refractivity (Wildman–Crippen MR) is 62.6 cm³/mol. The van der Waals surface area contributed by atoms with E-state index in [0.29, 0.717) is 18.3 Å². The van der Waals surface area contributed by atoms with Gasteiger partial charge in [0.2, 0.25) is 0 Å². The van der Waals surface area contributed by atoms with Gasteiger partial charge in [-0.2, -0.15) is 4.98 Å². The molecular formula is C12H15N3O. The van der Waals surface area contributed by atoms with Crippen LogP contribution in [0.25, 0.3) is 0 Å². The van der Waals surface area contributed by atoms with Crippen LogP contribution in [-0.2, 0) is 6.42 Å². The van der Waals surface area contributed by atoms with Crippen molar-refractivity contribution in [3.63, 3.8) is 0 Å². The molecule has 2 aromatic rings. The molecule has 4 heteroatoms. The van der Waals surface area contributed by atoms with Gasteiger partial charge in [-0.3, -0.25) is 0 Å². The van der Waals surface area contributed by atoms with E-state index in [4.69, 9.17) is 4.52 Å². The first-order chi connectivity index (χ1) is 7.69. The zero-order valence-electron chi connectivity index (χ0n) is 9.74. The minimum absolute atomic E-state index is 0.457. The molecule has 0 atom stereocenters. The molecule has 0 amide bonds. The van der Waals surface area contributed by atoms with E-state index in [1.165, 1.54) is 16.7 Å². The van der Waals surface area contributed by atoms with Crippen LogP contribution in [0.15, 0.2) is 22.7 Å². The third-order valence-corrected chi connectivity index (χ3v) is 2.62. The number of rotatable bonds is 3. The van der Waals surface area contributed by atoms with Crippen LogP contribution in [0.1, 0.15) is 22.5 Å². The summed E-state index contributed by atoms with van der Waals surface area (Å²) in [4.78, 5) is 4.19. The van der Waals surface area contributed by atoms with Crippen molar-refractivity contribution in [2.45, 2.75) is 20.3 Å². The Balaban J connectivity index is 2.17. The van der Waals surface area contributed by atoms with Crippen LogP contribution < -0.4 is 5.32 Å². The number of nitrogens with zero attached hydrogens (tertiary/aromatic N) is 2. The van der Waals surface area contributed by atoms with Crippen LogP contribution in [-0.4, -0.2) is 17.2 Å². The van der Waals surface area contributed by atoms with Crippen molar-refractivity contribution >= 4 is 6.01 Å². The fourth-order valence-corrected chi connectivity index (χ4v) is 1.52. The lowest BCUT2D eigenvalue weighted by molar-refractivity contribution is 0.425. The van der Waals surface area contributed by atoms with Gasteiger partial charge in [-0.1, -0.05) is 23.4 Å². The Morgan fingerprint density at radius 3 is 2.69 bits per heavy atom. The number of hydrogen-bond acceptors (Lipinski definition) is 4. The second-order valence-electron chi connectivity index (χ2n) is 3.86. The maximum atomic E-state index is 4.97. The Kier molecular flexibility index (Phi) is 2.90. The lowest BCUT2D eigenvalue weighted by Gasteiger charge is -2.02. The Morgan fingerprint density at radius 1 is 1.25 bits per heavy atom. The Morgan fingerprint density at radius 2 is 2.06 bits per heavy atom. The SMILES string of the molecule is CNc1nc(Cc2ccc(C)c(C)c2)no1. The second-order valence-corrected chi connectivity index (χ2v) is 3.86. The largest absolute Gasteiger partial charge is 0.341 e. The monoisotopic (exact) mass is 217 g/mol. The summed E-state index contributed by atoms with van der Waals surface area (Å²) in [5.74, 6) is 0.701. The van der Waals surface area contributed by atoms with Crippen molar-refractivity contribution < 1.29 is 4.52 Å². The highest BCUT2D eigenvalue weighted by Crippen LogP contribution is 2.13. The lowest BCUT2D eigenvalue weighted by atomic mass is 10.0. The molecule has 0 unspecified atom stereocenters. The van der Waals surface area contributed by atoms with E-state index in [0.717, 1.165) is 0 Å². The molecule has 1 N–H and O–H groups in total. The Hall–Kier alpha value is -1.84. The molecule has 2 rings (SSSR count). The van der Waals surface area contributed by atoms with Crippen molar-refractivity contribution in [3.8, 4) is 0 Å². The summed E-state index contributed by atoms with van der Waals surface area (Å²) in [7, 11) is 1.76. The fraction of sp³-hybridized carbons (Fsp3) is 0.333. The van der Waals surface area contributed by atoms with Gasteiger partial charge >= 0.3 is 6.01 Å². The summed E-state index contributed by atoms with van der Waals surface area (Å²) < 4.78 is 4.97. The van der Waals surface area contributed by atoms with Gasteiger partial charge in [-0.25, -0.2) is 0 Å². The fourth-order valence-electron chi connectivity index (χ4n) is 1.52. The van der Waals surface area contributed by atoms with Crippen LogP contribution in [0.2, 0.25) is 0 Å². The molecule has 0 bridgehead atoms. The van der Waals surface area contributed by atoms with Gasteiger partial charge in [-0.05, 0) is 30.5 Å². The predicted octanol–water partition coefficient (Wildman–Crippen LogP) is 2.32. The molecular weight excluding hydrogens is 202 g/mol. The molecule has 84 valence electrons. The van der Waals surface area contributed by atoms with Crippen LogP contribution in [0, 0.1) is 13.8 Å². The smallest absolute Gasteiger partial charge is 0.321 e. The van der Waals surface area contributed by atoms with Gasteiger partial charge in [0.05, 0.1) is 0 Å². The Bertz CT molecular complexity index is 491. The van der Waals surface area contributed by atoms with Crippen molar-refractivity contribution in [3.05, 3.63) is 40.7 Å². The van der Waals surface area contributed by atoms with E-state index in [1.807, 2.05) is 0 Å². The van der Waals surface area contributed by atoms with Crippen molar-refractivity contribution in [1.82, 2.24) is 10.1 Å². The number of nitrogens with one attached hydrogen (secondary N) is 1. The quantitative estimate of drug-likeness (QED) is 0.857. The van der Waals surface area contributed by atoms with E-state index in [-0.39, 0.29) is 0 Å². The van der Waals surface area contributed by atoms with Gasteiger partial charge in [-0.15, -0.1) is 0 Å². The minimum atomic E-state index is 0.457. The minimum Gasteiger partial charge on any atom is -0.341 e. The summed E-state index contributed by atoms with van der Waals surface area (Å²) in [6.07, 6.45) is 0.701. The van der Waals surface area contributed by atoms with Gasteiger partial charge < -0.3 is 9.84 Å². The van der Waals surface area contributed by atoms with Crippen LogP contribution in [0.3, 0.4) is 0 Å². The molecule has 16 heavy (non-hydrogen) atoms. The van der Waals surface area contributed by atoms with E-state index in [2.05, 4.69) is 47.5 Å². The van der Waals surface area contributed by atoms with Crippen LogP contribution >= 0.6 is 0 Å². The molecule has 0 aliphatic heterocycles. The molecule has 0 aliphatic carbocycles. The molecule has 1 aromatic heterocycles. The van der Waals surface area contributed by atoms with Crippen LogP contribution in [0.5, 0.6) is 0 Å². The number of aryl methyl sites for hydroxylation is 2. The molecule has 1 aromatic carbocycles. The first-order valence-corrected chi connectivity index (χ1v) is 5.25. The average Bonchev–Trinajstić information content (AvgIpc) is 2.71. The summed E-state index contributed by atoms with van der Waals surface area (Å²) in [5, 5.41) is 6.70. The van der Waals surface area contributed by atoms with Crippen molar-refractivity contribution in [1.29, 1.82) is 0 Å². The van der Waals surface area contributed by atoms with E-state index in [9.17, 15) is 0 Å². The molecule has 0 radical (unpaired) electrons. The second kappa shape index (κ2) is 4.35. The summed E-state index contributed by atoms with van der Waals surface area (Å²) in [5.41, 5.74) is 3.79. The zero-order chi connectivity index (χ0) is 11.5. The van der Waals surface area contributed by atoms with Crippen molar-refractivity contribution in [2.75, 3.05) is 12.4 Å². The number of anilines is 1. The maximum absolute atomic E-state index is 4.97. The molecule has 4 nitrogen and oxygen atoms in total. The number of aromatic nitrogens is 2. The first-order valence-electron chi connectivity index (χ1n) is 5.25. The van der Waals surface area contributed by atoms with Gasteiger partial charge in [0.15, 0.2) is 5.82 Å². The van der Waals surface area contributed by atoms with Gasteiger partial charge in [0.25, 0.3) is 0 Å². The van der Waals surface area contributed by atoms with Gasteiger partial charge in [0.1, 0.15) is 0 Å². The lowest BCUT2D eigenvalue weighted by Crippen LogP contribution is -1.93. The molecule has 0 spiro atoms. The van der Waals surface area contributed by atoms with E-state index < -0.39 is 0 Å². The highest BCUT2D eigenvalue weighted by atomic mass is 16.5. The first kappa shape index (κ1) is 10.7. The van der Waals surface area contributed by atoms with Crippen molar-refractivity contribution in [2.24, 2.45) is 0 Å². The molecule has 0 aliphatic rings. The number of benzene rings is 1. The highest BCUT2D eigenvalue weighted by molar-refractivity contribution is 5.31. The highest BCUT2D eigenvalue weighted by Gasteiger charge is 2.05. The molecule has 0 fully saturated rings. The topological polar surface area (TPSA) is 51.0 Å². The van der Waals surface area contributed by atoms with Crippen LogP contribution in [0.4, 0.5) is 6.01 Å². The third-order valence-electron chi connectivity index (χ3n) is 2.62. The summed E-state index contributed by atoms with van der Waals surface area (Å²) >= 11 is 0. The van der Waals surface area contributed by atoms with Gasteiger partial charge in [0, 0.05) is 13.5 Å². The molecule has 0 saturated heterocycles. The average molecular weight is 217 g/mol. The Labute approximate surface area is 94.7 Å². The normalized spacial score (nSPS) is 10.4. The standard InChI is InChI=1S/C12H15N3O/c1-8-4-5-10(6-9(8)2)7-11-14-12(13-3)16-15-11/h4-6H,7H2,1-3H3,(H,13,14,15). The maximum Gasteiger partial charge on any atom is 0.321 e. The summed E-state index contributed by atoms with van der Waals surface area (Å²) in [6.45, 7) is 4.21. The van der Waals surface area contributed by atoms with E-state index >= 15 is 0 Å². The van der Waals surface area contributed by atoms with E-state index in [1.54, 1.807) is 7.05 Å². The number of hydrogen-bond donors (Lipinski definition) is 1. The zero-order valence-corrected chi connectivity index (χ0v) is 9.74. The summed E-state index contributed by atoms with van der Waals surface area (Å²) in [6, 6.07) is 6.82.